The van der Waals surface area contributed by atoms with Gasteiger partial charge in [-0.1, -0.05) is 0 Å². The van der Waals surface area contributed by atoms with Gasteiger partial charge in [0.1, 0.15) is 0 Å². The van der Waals surface area contributed by atoms with Crippen LogP contribution in [0, 0.1) is 11.3 Å². The maximum absolute atomic E-state index is 11.6. The van der Waals surface area contributed by atoms with Gasteiger partial charge in [-0.2, -0.15) is 5.26 Å². The van der Waals surface area contributed by atoms with E-state index in [0.717, 1.165) is 12.8 Å². The van der Waals surface area contributed by atoms with Gasteiger partial charge in [0.25, 0.3) is 0 Å². The van der Waals surface area contributed by atoms with E-state index >= 15 is 0 Å². The van der Waals surface area contributed by atoms with Gasteiger partial charge in [-0.15, -0.1) is 0 Å². The van der Waals surface area contributed by atoms with E-state index < -0.39 is 11.9 Å². The molecule has 1 rings (SSSR count). The maximum atomic E-state index is 11.6. The van der Waals surface area contributed by atoms with Crippen molar-refractivity contribution in [1.82, 2.24) is 4.90 Å². The average molecular weight is 210 g/mol. The van der Waals surface area contributed by atoms with Crippen molar-refractivity contribution in [3.63, 3.8) is 0 Å². The number of carbonyl (C=O) groups is 2. The van der Waals surface area contributed by atoms with Crippen LogP contribution in [0.15, 0.2) is 0 Å². The molecule has 0 unspecified atom stereocenters. The van der Waals surface area contributed by atoms with Crippen LogP contribution >= 0.6 is 0 Å². The average Bonchev–Trinajstić information content (AvgIpc) is 3.02. The molecule has 0 aromatic carbocycles. The molecule has 1 aliphatic rings. The van der Waals surface area contributed by atoms with E-state index in [1.165, 1.54) is 4.90 Å². The Morgan fingerprint density at radius 2 is 2.20 bits per heavy atom. The van der Waals surface area contributed by atoms with Crippen LogP contribution in [0.5, 0.6) is 0 Å². The Labute approximate surface area is 88.6 Å². The number of hydrogen-bond donors (Lipinski definition) is 0. The quantitative estimate of drug-likeness (QED) is 0.499. The van der Waals surface area contributed by atoms with Gasteiger partial charge >= 0.3 is 11.9 Å². The molecule has 0 spiro atoms. The van der Waals surface area contributed by atoms with Crippen molar-refractivity contribution in [2.45, 2.75) is 32.2 Å². The van der Waals surface area contributed by atoms with Crippen LogP contribution in [-0.2, 0) is 14.3 Å². The highest BCUT2D eigenvalue weighted by molar-refractivity contribution is 6.32. The summed E-state index contributed by atoms with van der Waals surface area (Å²) < 4.78 is 4.63. The van der Waals surface area contributed by atoms with Crippen LogP contribution in [0.2, 0.25) is 0 Å². The number of nitrogens with zero attached hydrogens (tertiary/aromatic N) is 2. The maximum Gasteiger partial charge on any atom is 0.397 e. The minimum absolute atomic E-state index is 0.134. The molecule has 1 aliphatic carbocycles. The number of ether oxygens (including phenoxy) is 1. The van der Waals surface area contributed by atoms with Gasteiger partial charge in [-0.05, 0) is 19.8 Å². The van der Waals surface area contributed by atoms with Crippen molar-refractivity contribution in [3.8, 4) is 6.07 Å². The molecular weight excluding hydrogens is 196 g/mol. The molecule has 0 saturated heterocycles. The topological polar surface area (TPSA) is 70.4 Å². The van der Waals surface area contributed by atoms with Gasteiger partial charge in [0.2, 0.25) is 0 Å². The fraction of sp³-hybridized carbons (Fsp3) is 0.700. The van der Waals surface area contributed by atoms with E-state index in [1.807, 2.05) is 6.07 Å². The Morgan fingerprint density at radius 3 is 2.67 bits per heavy atom. The second-order valence-corrected chi connectivity index (χ2v) is 3.36. The molecule has 0 aromatic heterocycles. The predicted octanol–water partition coefficient (Wildman–Crippen LogP) is 0.454. The number of esters is 1. The van der Waals surface area contributed by atoms with Crippen molar-refractivity contribution in [2.24, 2.45) is 0 Å². The fourth-order valence-electron chi connectivity index (χ4n) is 1.32. The SMILES string of the molecule is CCOC(=O)C(=O)N(CCC#N)C1CC1. The Hall–Kier alpha value is -1.57. The molecular formula is C10H14N2O3. The van der Waals surface area contributed by atoms with Crippen LogP contribution in [0.1, 0.15) is 26.2 Å². The lowest BCUT2D eigenvalue weighted by atomic mass is 10.3. The van der Waals surface area contributed by atoms with Gasteiger partial charge in [-0.3, -0.25) is 4.79 Å². The molecule has 15 heavy (non-hydrogen) atoms. The highest BCUT2D eigenvalue weighted by Gasteiger charge is 2.35. The van der Waals surface area contributed by atoms with Gasteiger partial charge in [0.15, 0.2) is 0 Å². The van der Waals surface area contributed by atoms with Crippen LogP contribution in [0.3, 0.4) is 0 Å². The minimum atomic E-state index is -0.817. The van der Waals surface area contributed by atoms with E-state index in [4.69, 9.17) is 5.26 Å². The molecule has 0 aliphatic heterocycles. The molecule has 5 heteroatoms. The number of amides is 1. The normalized spacial score (nSPS) is 14.1. The summed E-state index contributed by atoms with van der Waals surface area (Å²) in [6, 6.07) is 2.10. The largest absolute Gasteiger partial charge is 0.459 e. The molecule has 0 aromatic rings. The first-order valence-electron chi connectivity index (χ1n) is 5.05. The first-order valence-corrected chi connectivity index (χ1v) is 5.05. The molecule has 0 radical (unpaired) electrons. The summed E-state index contributed by atoms with van der Waals surface area (Å²) in [4.78, 5) is 24.2. The molecule has 1 fully saturated rings. The smallest absolute Gasteiger partial charge is 0.397 e. The standard InChI is InChI=1S/C10H14N2O3/c1-2-15-10(14)9(13)12(7-3-6-11)8-4-5-8/h8H,2-5,7H2,1H3. The lowest BCUT2D eigenvalue weighted by molar-refractivity contribution is -0.160. The summed E-state index contributed by atoms with van der Waals surface area (Å²) >= 11 is 0. The third-order valence-corrected chi connectivity index (χ3v) is 2.16. The molecule has 5 nitrogen and oxygen atoms in total. The Bertz CT molecular complexity index is 292. The Balaban J connectivity index is 2.51. The predicted molar refractivity (Wildman–Crippen MR) is 51.6 cm³/mol. The van der Waals surface area contributed by atoms with E-state index in [9.17, 15) is 9.59 Å². The zero-order chi connectivity index (χ0) is 11.3. The van der Waals surface area contributed by atoms with Gasteiger partial charge in [0.05, 0.1) is 19.1 Å². The van der Waals surface area contributed by atoms with Crippen molar-refractivity contribution < 1.29 is 14.3 Å². The molecule has 0 heterocycles. The lowest BCUT2D eigenvalue weighted by Crippen LogP contribution is -2.39. The Morgan fingerprint density at radius 1 is 1.53 bits per heavy atom. The summed E-state index contributed by atoms with van der Waals surface area (Å²) in [7, 11) is 0. The zero-order valence-corrected chi connectivity index (χ0v) is 8.73. The highest BCUT2D eigenvalue weighted by Crippen LogP contribution is 2.27. The number of hydrogen-bond acceptors (Lipinski definition) is 4. The monoisotopic (exact) mass is 210 g/mol. The fourth-order valence-corrected chi connectivity index (χ4v) is 1.32. The van der Waals surface area contributed by atoms with E-state index in [-0.39, 0.29) is 19.1 Å². The number of carbonyl (C=O) groups excluding carboxylic acids is 2. The third kappa shape index (κ3) is 3.24. The molecule has 82 valence electrons. The number of nitriles is 1. The first-order chi connectivity index (χ1) is 7.20. The summed E-state index contributed by atoms with van der Waals surface area (Å²) in [5.74, 6) is -1.43. The second kappa shape index (κ2) is 5.35. The molecule has 1 saturated carbocycles. The summed E-state index contributed by atoms with van der Waals surface area (Å²) in [5, 5.41) is 8.44. The zero-order valence-electron chi connectivity index (χ0n) is 8.73. The molecule has 0 N–H and O–H groups in total. The summed E-state index contributed by atoms with van der Waals surface area (Å²) in [6.07, 6.45) is 2.08. The lowest BCUT2D eigenvalue weighted by Gasteiger charge is -2.19. The molecule has 0 atom stereocenters. The minimum Gasteiger partial charge on any atom is -0.459 e. The molecule has 0 bridgehead atoms. The van der Waals surface area contributed by atoms with Crippen molar-refractivity contribution in [3.05, 3.63) is 0 Å². The summed E-state index contributed by atoms with van der Waals surface area (Å²) in [6.45, 7) is 2.17. The van der Waals surface area contributed by atoms with Crippen LogP contribution < -0.4 is 0 Å². The van der Waals surface area contributed by atoms with Crippen LogP contribution in [-0.4, -0.2) is 36.0 Å². The van der Waals surface area contributed by atoms with Crippen molar-refractivity contribution in [2.75, 3.05) is 13.2 Å². The second-order valence-electron chi connectivity index (χ2n) is 3.36. The number of rotatable bonds is 4. The van der Waals surface area contributed by atoms with Crippen LogP contribution in [0.4, 0.5) is 0 Å². The van der Waals surface area contributed by atoms with Crippen molar-refractivity contribution >= 4 is 11.9 Å². The Kier molecular flexibility index (Phi) is 4.10. The third-order valence-electron chi connectivity index (χ3n) is 2.16. The first kappa shape index (κ1) is 11.5. The van der Waals surface area contributed by atoms with Gasteiger partial charge in [0, 0.05) is 12.6 Å². The van der Waals surface area contributed by atoms with Gasteiger partial charge in [-0.25, -0.2) is 4.79 Å². The molecule has 1 amide bonds. The van der Waals surface area contributed by atoms with Crippen molar-refractivity contribution in [1.29, 1.82) is 5.26 Å². The van der Waals surface area contributed by atoms with E-state index in [0.29, 0.717) is 6.54 Å². The van der Waals surface area contributed by atoms with Gasteiger partial charge < -0.3 is 9.64 Å². The summed E-state index contributed by atoms with van der Waals surface area (Å²) in [5.41, 5.74) is 0. The highest BCUT2D eigenvalue weighted by atomic mass is 16.5. The van der Waals surface area contributed by atoms with Crippen LogP contribution in [0.25, 0.3) is 0 Å². The van der Waals surface area contributed by atoms with E-state index in [1.54, 1.807) is 6.92 Å². The van der Waals surface area contributed by atoms with E-state index in [2.05, 4.69) is 4.74 Å².